The number of ether oxygens (including phenoxy) is 1. The first-order valence-corrected chi connectivity index (χ1v) is 9.83. The van der Waals surface area contributed by atoms with Gasteiger partial charge in [0.1, 0.15) is 6.07 Å². The molecule has 0 spiro atoms. The number of phenolic OH excluding ortho intramolecular Hbond substituents is 1. The third-order valence-electron chi connectivity index (χ3n) is 3.83. The van der Waals surface area contributed by atoms with Gasteiger partial charge in [-0.1, -0.05) is 23.9 Å². The van der Waals surface area contributed by atoms with Gasteiger partial charge in [0.25, 0.3) is 0 Å². The van der Waals surface area contributed by atoms with Crippen molar-refractivity contribution in [2.24, 2.45) is 0 Å². The largest absolute Gasteiger partial charge is 0.504 e. The number of aromatic nitrogens is 1. The molecule has 0 atom stereocenters. The maximum Gasteiger partial charge on any atom is 0.170 e. The van der Waals surface area contributed by atoms with Gasteiger partial charge in [0, 0.05) is 11.3 Å². The summed E-state index contributed by atoms with van der Waals surface area (Å²) >= 11 is 3.11. The molecule has 0 aliphatic carbocycles. The van der Waals surface area contributed by atoms with E-state index in [-0.39, 0.29) is 17.1 Å². The average Bonchev–Trinajstić information content (AvgIpc) is 3.08. The van der Waals surface area contributed by atoms with E-state index in [0.29, 0.717) is 22.6 Å². The topological polar surface area (TPSA) is 83.2 Å². The number of carbonyl (C=O) groups excluding carboxylic acids is 1. The van der Waals surface area contributed by atoms with Crippen LogP contribution in [0.15, 0.2) is 46.3 Å². The molecule has 3 rings (SSSR count). The maximum atomic E-state index is 11.5. The van der Waals surface area contributed by atoms with Gasteiger partial charge in [-0.2, -0.15) is 5.26 Å². The lowest BCUT2D eigenvalue weighted by atomic mass is 10.1. The number of ketones is 1. The summed E-state index contributed by atoms with van der Waals surface area (Å²) in [7, 11) is 1.46. The van der Waals surface area contributed by atoms with Crippen LogP contribution in [0.3, 0.4) is 0 Å². The highest BCUT2D eigenvalue weighted by atomic mass is 32.2. The zero-order chi connectivity index (χ0) is 19.4. The SMILES string of the molecule is COc1cc(/C=C(\C#N)C(C)=O)cc(CSc2nc3ccccc3s2)c1O. The van der Waals surface area contributed by atoms with Crippen LogP contribution in [0.5, 0.6) is 11.5 Å². The third kappa shape index (κ3) is 4.30. The van der Waals surface area contributed by atoms with Crippen molar-refractivity contribution < 1.29 is 14.6 Å². The number of phenols is 1. The number of thiazole rings is 1. The first-order chi connectivity index (χ1) is 13.0. The van der Waals surface area contributed by atoms with Crippen molar-refractivity contribution in [3.8, 4) is 17.6 Å². The number of hydrogen-bond acceptors (Lipinski definition) is 7. The number of aromatic hydroxyl groups is 1. The quantitative estimate of drug-likeness (QED) is 0.366. The summed E-state index contributed by atoms with van der Waals surface area (Å²) in [6, 6.07) is 13.1. The van der Waals surface area contributed by atoms with Crippen molar-refractivity contribution in [3.63, 3.8) is 0 Å². The molecule has 0 amide bonds. The van der Waals surface area contributed by atoms with Crippen molar-refractivity contribution in [1.29, 1.82) is 5.26 Å². The van der Waals surface area contributed by atoms with Crippen LogP contribution in [-0.4, -0.2) is 23.0 Å². The second-order valence-electron chi connectivity index (χ2n) is 5.69. The Morgan fingerprint density at radius 3 is 2.85 bits per heavy atom. The minimum Gasteiger partial charge on any atom is -0.504 e. The van der Waals surface area contributed by atoms with Gasteiger partial charge in [-0.3, -0.25) is 4.79 Å². The second kappa shape index (κ2) is 8.25. The monoisotopic (exact) mass is 396 g/mol. The van der Waals surface area contributed by atoms with Gasteiger partial charge in [-0.05, 0) is 42.8 Å². The number of Topliss-reactive ketones (excluding diaryl/α,β-unsaturated/α-hetero) is 1. The van der Waals surface area contributed by atoms with E-state index < -0.39 is 0 Å². The number of benzene rings is 2. The number of hydrogen-bond donors (Lipinski definition) is 1. The van der Waals surface area contributed by atoms with Gasteiger partial charge in [0.05, 0.1) is 22.9 Å². The number of nitriles is 1. The highest BCUT2D eigenvalue weighted by Gasteiger charge is 2.13. The Bertz CT molecular complexity index is 1050. The fourth-order valence-corrected chi connectivity index (χ4v) is 4.51. The normalized spacial score (nSPS) is 11.4. The predicted molar refractivity (Wildman–Crippen MR) is 108 cm³/mol. The lowest BCUT2D eigenvalue weighted by molar-refractivity contribution is -0.113. The van der Waals surface area contributed by atoms with Crippen LogP contribution in [0.2, 0.25) is 0 Å². The van der Waals surface area contributed by atoms with Gasteiger partial charge in [0.2, 0.25) is 0 Å². The van der Waals surface area contributed by atoms with E-state index in [2.05, 4.69) is 4.98 Å². The molecule has 136 valence electrons. The summed E-state index contributed by atoms with van der Waals surface area (Å²) in [4.78, 5) is 16.1. The number of fused-ring (bicyclic) bond motifs is 1. The lowest BCUT2D eigenvalue weighted by Crippen LogP contribution is -1.95. The summed E-state index contributed by atoms with van der Waals surface area (Å²) in [5.41, 5.74) is 2.26. The van der Waals surface area contributed by atoms with E-state index in [1.807, 2.05) is 30.3 Å². The Kier molecular flexibility index (Phi) is 5.79. The van der Waals surface area contributed by atoms with Crippen molar-refractivity contribution in [1.82, 2.24) is 4.98 Å². The minimum atomic E-state index is -0.310. The summed E-state index contributed by atoms with van der Waals surface area (Å²) in [6.07, 6.45) is 1.50. The maximum absolute atomic E-state index is 11.5. The molecule has 3 aromatic rings. The fraction of sp³-hybridized carbons (Fsp3) is 0.150. The predicted octanol–water partition coefficient (Wildman–Crippen LogP) is 4.80. The molecule has 2 aromatic carbocycles. The Morgan fingerprint density at radius 2 is 2.19 bits per heavy atom. The molecule has 0 aliphatic rings. The number of allylic oxidation sites excluding steroid dienone is 1. The van der Waals surface area contributed by atoms with Crippen LogP contribution in [0.4, 0.5) is 0 Å². The minimum absolute atomic E-state index is 0.0459. The Balaban J connectivity index is 1.90. The summed E-state index contributed by atoms with van der Waals surface area (Å²) < 4.78 is 7.24. The Hall–Kier alpha value is -2.82. The van der Waals surface area contributed by atoms with Gasteiger partial charge >= 0.3 is 0 Å². The van der Waals surface area contributed by atoms with Crippen LogP contribution in [0, 0.1) is 11.3 Å². The molecule has 0 saturated heterocycles. The van der Waals surface area contributed by atoms with Gasteiger partial charge in [0.15, 0.2) is 21.6 Å². The second-order valence-corrected chi connectivity index (χ2v) is 7.95. The summed E-state index contributed by atoms with van der Waals surface area (Å²) in [6.45, 7) is 1.34. The van der Waals surface area contributed by atoms with Crippen molar-refractivity contribution >= 4 is 45.2 Å². The van der Waals surface area contributed by atoms with Gasteiger partial charge in [-0.25, -0.2) is 4.98 Å². The average molecular weight is 396 g/mol. The molecule has 27 heavy (non-hydrogen) atoms. The standard InChI is InChI=1S/C20H16N2O3S2/c1-12(23)14(10-21)7-13-8-15(19(24)17(9-13)25-2)11-26-20-22-16-5-3-4-6-18(16)27-20/h3-9,24H,11H2,1-2H3/b14-7+. The number of nitrogens with zero attached hydrogens (tertiary/aromatic N) is 2. The number of thioether (sulfide) groups is 1. The van der Waals surface area contributed by atoms with E-state index in [1.165, 1.54) is 31.9 Å². The molecular weight excluding hydrogens is 380 g/mol. The lowest BCUT2D eigenvalue weighted by Gasteiger charge is -2.10. The molecule has 1 N–H and O–H groups in total. The zero-order valence-corrected chi connectivity index (χ0v) is 16.4. The molecule has 0 radical (unpaired) electrons. The molecule has 0 unspecified atom stereocenters. The van der Waals surface area contributed by atoms with E-state index in [4.69, 9.17) is 10.00 Å². The van der Waals surface area contributed by atoms with Crippen molar-refractivity contribution in [2.75, 3.05) is 7.11 Å². The highest BCUT2D eigenvalue weighted by Crippen LogP contribution is 2.37. The highest BCUT2D eigenvalue weighted by molar-refractivity contribution is 8.00. The van der Waals surface area contributed by atoms with E-state index >= 15 is 0 Å². The van der Waals surface area contributed by atoms with Crippen LogP contribution >= 0.6 is 23.1 Å². The molecular formula is C20H16N2O3S2. The van der Waals surface area contributed by atoms with Crippen molar-refractivity contribution in [2.45, 2.75) is 17.0 Å². The van der Waals surface area contributed by atoms with Crippen LogP contribution in [0.25, 0.3) is 16.3 Å². The molecule has 5 nitrogen and oxygen atoms in total. The first-order valence-electron chi connectivity index (χ1n) is 8.02. The number of para-hydroxylation sites is 1. The van der Waals surface area contributed by atoms with E-state index in [9.17, 15) is 9.90 Å². The molecule has 0 fully saturated rings. The molecule has 7 heteroatoms. The van der Waals surface area contributed by atoms with Crippen LogP contribution in [-0.2, 0) is 10.5 Å². The van der Waals surface area contributed by atoms with E-state index in [1.54, 1.807) is 23.5 Å². The van der Waals surface area contributed by atoms with Crippen LogP contribution in [0.1, 0.15) is 18.1 Å². The summed E-state index contributed by atoms with van der Waals surface area (Å²) in [5.74, 6) is 0.509. The Morgan fingerprint density at radius 1 is 1.41 bits per heavy atom. The van der Waals surface area contributed by atoms with Crippen LogP contribution < -0.4 is 4.74 Å². The van der Waals surface area contributed by atoms with Gasteiger partial charge in [-0.15, -0.1) is 11.3 Å². The third-order valence-corrected chi connectivity index (χ3v) is 6.06. The molecule has 0 saturated carbocycles. The number of rotatable bonds is 6. The molecule has 0 aliphatic heterocycles. The zero-order valence-electron chi connectivity index (χ0n) is 14.7. The van der Waals surface area contributed by atoms with E-state index in [0.717, 1.165) is 14.6 Å². The number of methoxy groups -OCH3 is 1. The molecule has 1 aromatic heterocycles. The molecule has 0 bridgehead atoms. The first kappa shape index (κ1) is 19.0. The number of carbonyl (C=O) groups is 1. The van der Waals surface area contributed by atoms with Gasteiger partial charge < -0.3 is 9.84 Å². The fourth-order valence-electron chi connectivity index (χ4n) is 2.47. The van der Waals surface area contributed by atoms with Crippen molar-refractivity contribution in [3.05, 3.63) is 53.1 Å². The smallest absolute Gasteiger partial charge is 0.170 e. The summed E-state index contributed by atoms with van der Waals surface area (Å²) in [5, 5.41) is 19.5. The Labute approximate surface area is 164 Å². The molecule has 1 heterocycles.